The fourth-order valence-corrected chi connectivity index (χ4v) is 7.75. The average Bonchev–Trinajstić information content (AvgIpc) is 3.69. The number of hydrogen-bond acceptors (Lipinski definition) is 0. The zero-order valence-electron chi connectivity index (χ0n) is 27.9. The van der Waals surface area contributed by atoms with Crippen LogP contribution >= 0.6 is 0 Å². The van der Waals surface area contributed by atoms with Gasteiger partial charge >= 0.3 is 0 Å². The van der Waals surface area contributed by atoms with Gasteiger partial charge < -0.3 is 15.0 Å². The Hall–Kier alpha value is -4.50. The lowest BCUT2D eigenvalue weighted by Crippen LogP contribution is -2.27. The molecular weight excluding hydrogens is 534 g/mol. The maximum absolute atomic E-state index is 3.89. The van der Waals surface area contributed by atoms with Gasteiger partial charge in [-0.1, -0.05) is 53.1 Å². The summed E-state index contributed by atoms with van der Waals surface area (Å²) in [6.07, 6.45) is 0. The predicted octanol–water partition coefficient (Wildman–Crippen LogP) is 10.8. The van der Waals surface area contributed by atoms with Crippen LogP contribution in [0.25, 0.3) is 33.8 Å². The molecule has 0 unspecified atom stereocenters. The number of benzene rings is 3. The molecule has 0 aliphatic carbocycles. The first-order valence-electron chi connectivity index (χ1n) is 15.7. The molecule has 3 N–H and O–H groups in total. The third-order valence-corrected chi connectivity index (χ3v) is 9.51. The van der Waals surface area contributed by atoms with E-state index in [4.69, 9.17) is 0 Å². The predicted molar refractivity (Wildman–Crippen MR) is 187 cm³/mol. The van der Waals surface area contributed by atoms with Crippen LogP contribution in [0, 0.1) is 62.3 Å². The molecule has 6 aromatic rings. The van der Waals surface area contributed by atoms with Gasteiger partial charge in [0.25, 0.3) is 0 Å². The van der Waals surface area contributed by atoms with Gasteiger partial charge in [0.05, 0.1) is 5.41 Å². The minimum absolute atomic E-state index is 0.486. The van der Waals surface area contributed by atoms with Gasteiger partial charge in [-0.15, -0.1) is 0 Å². The molecular formula is C41H45N3. The van der Waals surface area contributed by atoms with Crippen LogP contribution in [0.15, 0.2) is 72.8 Å². The van der Waals surface area contributed by atoms with Crippen molar-refractivity contribution in [3.63, 3.8) is 0 Å². The topological polar surface area (TPSA) is 47.4 Å². The molecule has 0 aliphatic heterocycles. The standard InChI is InChI=1S/C41H45N3/c1-23-17-26(4)38(27(5)18-23)32-11-14-35(42-32)41(10,36-15-12-33(43-36)39-28(6)19-24(2)20-29(39)7)37-16-13-34(44-37)40-30(8)21-25(3)22-31(40)9/h11-22,42-44H,1-10H3. The normalized spacial score (nSPS) is 11.9. The molecule has 3 aromatic heterocycles. The largest absolute Gasteiger partial charge is 0.357 e. The number of nitrogens with one attached hydrogen (secondary N) is 3. The molecule has 0 aliphatic rings. The molecule has 0 amide bonds. The number of aromatic nitrogens is 3. The molecule has 3 heterocycles. The molecule has 0 spiro atoms. The summed E-state index contributed by atoms with van der Waals surface area (Å²) in [5, 5.41) is 0. The summed E-state index contributed by atoms with van der Waals surface area (Å²) in [4.78, 5) is 11.7. The van der Waals surface area contributed by atoms with E-state index in [1.165, 1.54) is 66.8 Å². The van der Waals surface area contributed by atoms with E-state index in [0.29, 0.717) is 0 Å². The van der Waals surface area contributed by atoms with Crippen LogP contribution < -0.4 is 0 Å². The van der Waals surface area contributed by atoms with E-state index >= 15 is 0 Å². The summed E-state index contributed by atoms with van der Waals surface area (Å²) in [7, 11) is 0. The molecule has 0 fully saturated rings. The summed E-state index contributed by atoms with van der Waals surface area (Å²) in [5.41, 5.74) is 21.8. The monoisotopic (exact) mass is 579 g/mol. The van der Waals surface area contributed by atoms with E-state index in [9.17, 15) is 0 Å². The highest BCUT2D eigenvalue weighted by atomic mass is 14.9. The molecule has 0 bridgehead atoms. The molecule has 6 rings (SSSR count). The Morgan fingerprint density at radius 2 is 0.591 bits per heavy atom. The quantitative estimate of drug-likeness (QED) is 0.176. The van der Waals surface area contributed by atoms with Crippen LogP contribution in [-0.4, -0.2) is 15.0 Å². The molecule has 0 radical (unpaired) electrons. The molecule has 3 aromatic carbocycles. The Labute approximate surface area is 262 Å². The van der Waals surface area contributed by atoms with Gasteiger partial charge in [-0.25, -0.2) is 0 Å². The van der Waals surface area contributed by atoms with Gasteiger partial charge in [-0.3, -0.25) is 0 Å². The van der Waals surface area contributed by atoms with Crippen LogP contribution in [0.1, 0.15) is 74.1 Å². The zero-order valence-corrected chi connectivity index (χ0v) is 27.9. The fraction of sp³-hybridized carbons (Fsp3) is 0.268. The molecule has 224 valence electrons. The van der Waals surface area contributed by atoms with Gasteiger partial charge in [-0.05, 0) is 139 Å². The third-order valence-electron chi connectivity index (χ3n) is 9.51. The minimum Gasteiger partial charge on any atom is -0.357 e. The van der Waals surface area contributed by atoms with Crippen molar-refractivity contribution in [3.8, 4) is 33.8 Å². The second-order valence-electron chi connectivity index (χ2n) is 13.3. The summed E-state index contributed by atoms with van der Waals surface area (Å²) in [6.45, 7) is 22.1. The lowest BCUT2D eigenvalue weighted by Gasteiger charge is -2.28. The summed E-state index contributed by atoms with van der Waals surface area (Å²) >= 11 is 0. The molecule has 44 heavy (non-hydrogen) atoms. The Morgan fingerprint density at radius 3 is 0.818 bits per heavy atom. The van der Waals surface area contributed by atoms with Crippen molar-refractivity contribution in [2.45, 2.75) is 74.7 Å². The highest BCUT2D eigenvalue weighted by Crippen LogP contribution is 2.42. The number of aromatic amines is 3. The van der Waals surface area contributed by atoms with E-state index in [-0.39, 0.29) is 0 Å². The highest BCUT2D eigenvalue weighted by Gasteiger charge is 2.36. The van der Waals surface area contributed by atoms with Crippen molar-refractivity contribution in [1.29, 1.82) is 0 Å². The zero-order chi connectivity index (χ0) is 31.5. The van der Waals surface area contributed by atoms with Crippen molar-refractivity contribution < 1.29 is 0 Å². The summed E-state index contributed by atoms with van der Waals surface area (Å²) < 4.78 is 0. The minimum atomic E-state index is -0.486. The molecule has 0 saturated carbocycles. The van der Waals surface area contributed by atoms with Crippen molar-refractivity contribution in [2.24, 2.45) is 0 Å². The summed E-state index contributed by atoms with van der Waals surface area (Å²) in [6, 6.07) is 27.2. The fourth-order valence-electron chi connectivity index (χ4n) is 7.75. The molecule has 3 nitrogen and oxygen atoms in total. The van der Waals surface area contributed by atoms with Crippen LogP contribution in [0.3, 0.4) is 0 Å². The van der Waals surface area contributed by atoms with Gasteiger partial charge in [0.15, 0.2) is 0 Å². The van der Waals surface area contributed by atoms with Gasteiger partial charge in [-0.2, -0.15) is 0 Å². The van der Waals surface area contributed by atoms with Crippen molar-refractivity contribution in [2.75, 3.05) is 0 Å². The van der Waals surface area contributed by atoms with Gasteiger partial charge in [0.1, 0.15) is 0 Å². The average molecular weight is 580 g/mol. The maximum atomic E-state index is 3.89. The number of hydrogen-bond donors (Lipinski definition) is 3. The van der Waals surface area contributed by atoms with E-state index < -0.39 is 5.41 Å². The second kappa shape index (κ2) is 10.9. The summed E-state index contributed by atoms with van der Waals surface area (Å²) in [5.74, 6) is 0. The molecule has 0 atom stereocenters. The molecule has 3 heteroatoms. The van der Waals surface area contributed by atoms with E-state index in [0.717, 1.165) is 34.2 Å². The van der Waals surface area contributed by atoms with Crippen molar-refractivity contribution in [1.82, 2.24) is 15.0 Å². The third kappa shape index (κ3) is 4.95. The molecule has 0 saturated heterocycles. The first-order valence-corrected chi connectivity index (χ1v) is 15.7. The Bertz CT molecular complexity index is 1720. The van der Waals surface area contributed by atoms with Crippen LogP contribution in [-0.2, 0) is 5.41 Å². The lowest BCUT2D eigenvalue weighted by molar-refractivity contribution is 0.633. The second-order valence-corrected chi connectivity index (χ2v) is 13.3. The van der Waals surface area contributed by atoms with Crippen LogP contribution in [0.5, 0.6) is 0 Å². The first kappa shape index (κ1) is 29.6. The number of aryl methyl sites for hydroxylation is 9. The van der Waals surface area contributed by atoms with Crippen LogP contribution in [0.4, 0.5) is 0 Å². The first-order chi connectivity index (χ1) is 20.9. The van der Waals surface area contributed by atoms with Gasteiger partial charge in [0.2, 0.25) is 0 Å². The van der Waals surface area contributed by atoms with E-state index in [1.807, 2.05) is 0 Å². The Morgan fingerprint density at radius 1 is 0.364 bits per heavy atom. The highest BCUT2D eigenvalue weighted by molar-refractivity contribution is 5.73. The number of H-pyrrole nitrogens is 3. The SMILES string of the molecule is Cc1cc(C)c(-c2ccc(C(C)(c3ccc(-c4c(C)cc(C)cc4C)[nH]3)c3ccc(-c4c(C)cc(C)cc4C)[nH]3)[nH]2)c(C)c1. The smallest absolute Gasteiger partial charge is 0.0873 e. The van der Waals surface area contributed by atoms with Crippen molar-refractivity contribution >= 4 is 0 Å². The van der Waals surface area contributed by atoms with Crippen LogP contribution in [0.2, 0.25) is 0 Å². The van der Waals surface area contributed by atoms with Gasteiger partial charge in [0, 0.05) is 50.9 Å². The Kier molecular flexibility index (Phi) is 7.32. The number of rotatable bonds is 6. The maximum Gasteiger partial charge on any atom is 0.0873 e. The van der Waals surface area contributed by atoms with Crippen molar-refractivity contribution in [3.05, 3.63) is 140 Å². The van der Waals surface area contributed by atoms with E-state index in [1.54, 1.807) is 0 Å². The Balaban J connectivity index is 1.53. The van der Waals surface area contributed by atoms with E-state index in [2.05, 4.69) is 157 Å². The lowest BCUT2D eigenvalue weighted by atomic mass is 9.80.